The monoisotopic (exact) mass is 367 g/mol. The average Bonchev–Trinajstić information content (AvgIpc) is 3.18. The van der Waals surface area contributed by atoms with E-state index in [1.54, 1.807) is 6.07 Å². The van der Waals surface area contributed by atoms with Crippen molar-refractivity contribution in [1.29, 1.82) is 0 Å². The molecule has 0 spiro atoms. The van der Waals surface area contributed by atoms with Gasteiger partial charge in [-0.15, -0.1) is 0 Å². The summed E-state index contributed by atoms with van der Waals surface area (Å²) in [6, 6.07) is 8.13. The Labute approximate surface area is 161 Å². The summed E-state index contributed by atoms with van der Waals surface area (Å²) in [6.45, 7) is 11.8. The van der Waals surface area contributed by atoms with Crippen LogP contribution in [-0.4, -0.2) is 47.0 Å². The number of hydrogen-bond donors (Lipinski definition) is 1. The number of amides is 1. The average molecular weight is 367 g/mol. The number of benzene rings is 1. The van der Waals surface area contributed by atoms with Gasteiger partial charge in [-0.1, -0.05) is 0 Å². The molecule has 144 valence electrons. The summed E-state index contributed by atoms with van der Waals surface area (Å²) >= 11 is 0. The predicted molar refractivity (Wildman–Crippen MR) is 110 cm³/mol. The van der Waals surface area contributed by atoms with E-state index in [9.17, 15) is 4.79 Å². The highest BCUT2D eigenvalue weighted by Crippen LogP contribution is 2.25. The van der Waals surface area contributed by atoms with E-state index in [0.717, 1.165) is 50.3 Å². The molecule has 1 aromatic carbocycles. The van der Waals surface area contributed by atoms with Crippen LogP contribution in [0.5, 0.6) is 0 Å². The molecule has 1 aliphatic rings. The number of rotatable bonds is 6. The van der Waals surface area contributed by atoms with Crippen molar-refractivity contribution in [3.63, 3.8) is 0 Å². The topological polar surface area (TPSA) is 61.4 Å². The molecule has 6 nitrogen and oxygen atoms in total. The third kappa shape index (κ3) is 4.38. The Morgan fingerprint density at radius 3 is 2.44 bits per heavy atom. The fraction of sp³-hybridized carbons (Fsp3) is 0.476. The molecule has 0 unspecified atom stereocenters. The Morgan fingerprint density at radius 1 is 1.11 bits per heavy atom. The van der Waals surface area contributed by atoms with Gasteiger partial charge >= 0.3 is 0 Å². The lowest BCUT2D eigenvalue weighted by atomic mass is 10.1. The Kier molecular flexibility index (Phi) is 5.94. The van der Waals surface area contributed by atoms with Crippen LogP contribution in [0.3, 0.4) is 0 Å². The van der Waals surface area contributed by atoms with Gasteiger partial charge in [-0.2, -0.15) is 0 Å². The van der Waals surface area contributed by atoms with Gasteiger partial charge in [0.2, 0.25) is 0 Å². The molecule has 0 aliphatic carbocycles. The van der Waals surface area contributed by atoms with E-state index in [1.165, 1.54) is 5.69 Å². The molecular weight excluding hydrogens is 338 g/mol. The number of aryl methyl sites for hydroxylation is 2. The van der Waals surface area contributed by atoms with Gasteiger partial charge < -0.3 is 15.1 Å². The maximum atomic E-state index is 12.7. The number of anilines is 3. The quantitative estimate of drug-likeness (QED) is 0.838. The Balaban J connectivity index is 1.82. The number of nitrogens with zero attached hydrogens (tertiary/aromatic N) is 4. The fourth-order valence-corrected chi connectivity index (χ4v) is 3.54. The van der Waals surface area contributed by atoms with Crippen LogP contribution in [0.4, 0.5) is 17.2 Å². The minimum absolute atomic E-state index is 0.00495. The van der Waals surface area contributed by atoms with Crippen LogP contribution in [0.1, 0.15) is 48.6 Å². The molecule has 0 atom stereocenters. The summed E-state index contributed by atoms with van der Waals surface area (Å²) in [7, 11) is 0. The molecule has 1 amide bonds. The van der Waals surface area contributed by atoms with Crippen molar-refractivity contribution in [3.05, 3.63) is 41.3 Å². The van der Waals surface area contributed by atoms with Crippen LogP contribution < -0.4 is 10.2 Å². The van der Waals surface area contributed by atoms with E-state index in [0.29, 0.717) is 17.3 Å². The van der Waals surface area contributed by atoms with Gasteiger partial charge in [0.25, 0.3) is 5.91 Å². The van der Waals surface area contributed by atoms with Gasteiger partial charge in [0.15, 0.2) is 0 Å². The van der Waals surface area contributed by atoms with Crippen molar-refractivity contribution in [1.82, 2.24) is 14.9 Å². The summed E-state index contributed by atoms with van der Waals surface area (Å²) in [5, 5.41) is 3.36. The standard InChI is InChI=1S/C21H29N5O/c1-5-25(6-2)17-9-10-18(15(3)13-17)24-20-14-19(22-16(4)23-20)21(27)26-11-7-8-12-26/h9-10,13-14H,5-8,11-12H2,1-4H3,(H,22,23,24). The van der Waals surface area contributed by atoms with E-state index in [2.05, 4.69) is 59.2 Å². The third-order valence-electron chi connectivity index (χ3n) is 5.05. The zero-order valence-corrected chi connectivity index (χ0v) is 16.7. The Hall–Kier alpha value is -2.63. The van der Waals surface area contributed by atoms with Crippen molar-refractivity contribution in [3.8, 4) is 0 Å². The van der Waals surface area contributed by atoms with Crippen molar-refractivity contribution < 1.29 is 4.79 Å². The second-order valence-electron chi connectivity index (χ2n) is 6.98. The van der Waals surface area contributed by atoms with Crippen LogP contribution in [0.2, 0.25) is 0 Å². The lowest BCUT2D eigenvalue weighted by Crippen LogP contribution is -2.28. The van der Waals surface area contributed by atoms with Gasteiger partial charge in [-0.25, -0.2) is 9.97 Å². The van der Waals surface area contributed by atoms with Crippen LogP contribution in [0, 0.1) is 13.8 Å². The molecule has 0 radical (unpaired) electrons. The maximum absolute atomic E-state index is 12.7. The number of aromatic nitrogens is 2. The van der Waals surface area contributed by atoms with E-state index in [-0.39, 0.29) is 5.91 Å². The lowest BCUT2D eigenvalue weighted by Gasteiger charge is -2.22. The molecule has 1 N–H and O–H groups in total. The van der Waals surface area contributed by atoms with Gasteiger partial charge in [-0.3, -0.25) is 4.79 Å². The molecule has 1 aliphatic heterocycles. The van der Waals surface area contributed by atoms with Crippen molar-refractivity contribution >= 4 is 23.1 Å². The molecule has 1 saturated heterocycles. The molecule has 0 saturated carbocycles. The third-order valence-corrected chi connectivity index (χ3v) is 5.05. The minimum Gasteiger partial charge on any atom is -0.372 e. The Bertz CT molecular complexity index is 810. The molecule has 0 bridgehead atoms. The van der Waals surface area contributed by atoms with E-state index >= 15 is 0 Å². The first kappa shape index (κ1) is 19.1. The van der Waals surface area contributed by atoms with Crippen molar-refractivity contribution in [2.24, 2.45) is 0 Å². The number of nitrogens with one attached hydrogen (secondary N) is 1. The summed E-state index contributed by atoms with van der Waals surface area (Å²) < 4.78 is 0. The molecule has 1 fully saturated rings. The van der Waals surface area contributed by atoms with Gasteiger partial charge in [0.05, 0.1) is 0 Å². The first-order chi connectivity index (χ1) is 13.0. The van der Waals surface area contributed by atoms with Gasteiger partial charge in [-0.05, 0) is 64.3 Å². The molecule has 1 aromatic heterocycles. The molecule has 2 aromatic rings. The smallest absolute Gasteiger partial charge is 0.272 e. The lowest BCUT2D eigenvalue weighted by molar-refractivity contribution is 0.0786. The van der Waals surface area contributed by atoms with Crippen LogP contribution in [0.15, 0.2) is 24.3 Å². The number of carbonyl (C=O) groups excluding carboxylic acids is 1. The van der Waals surface area contributed by atoms with Crippen molar-refractivity contribution in [2.45, 2.75) is 40.5 Å². The van der Waals surface area contributed by atoms with Crippen molar-refractivity contribution in [2.75, 3.05) is 36.4 Å². The van der Waals surface area contributed by atoms with Crippen LogP contribution >= 0.6 is 0 Å². The largest absolute Gasteiger partial charge is 0.372 e. The molecule has 27 heavy (non-hydrogen) atoms. The molecule has 2 heterocycles. The number of carbonyl (C=O) groups is 1. The van der Waals surface area contributed by atoms with Gasteiger partial charge in [0, 0.05) is 43.6 Å². The minimum atomic E-state index is -0.00495. The second-order valence-corrected chi connectivity index (χ2v) is 6.98. The summed E-state index contributed by atoms with van der Waals surface area (Å²) in [5.41, 5.74) is 3.81. The Morgan fingerprint density at radius 2 is 1.81 bits per heavy atom. The first-order valence-electron chi connectivity index (χ1n) is 9.79. The summed E-state index contributed by atoms with van der Waals surface area (Å²) in [4.78, 5) is 25.7. The predicted octanol–water partition coefficient (Wildman–Crippen LogP) is 3.92. The first-order valence-corrected chi connectivity index (χ1v) is 9.79. The van der Waals surface area contributed by atoms with E-state index in [1.807, 2.05) is 11.8 Å². The van der Waals surface area contributed by atoms with Crippen LogP contribution in [-0.2, 0) is 0 Å². The summed E-state index contributed by atoms with van der Waals surface area (Å²) in [6.07, 6.45) is 2.14. The van der Waals surface area contributed by atoms with E-state index in [4.69, 9.17) is 0 Å². The SMILES string of the molecule is CCN(CC)c1ccc(Nc2cc(C(=O)N3CCCC3)nc(C)n2)c(C)c1. The zero-order valence-electron chi connectivity index (χ0n) is 16.7. The van der Waals surface area contributed by atoms with Gasteiger partial charge in [0.1, 0.15) is 17.3 Å². The number of likely N-dealkylation sites (tertiary alicyclic amines) is 1. The fourth-order valence-electron chi connectivity index (χ4n) is 3.54. The van der Waals surface area contributed by atoms with Crippen LogP contribution in [0.25, 0.3) is 0 Å². The summed E-state index contributed by atoms with van der Waals surface area (Å²) in [5.74, 6) is 1.25. The van der Waals surface area contributed by atoms with E-state index < -0.39 is 0 Å². The highest BCUT2D eigenvalue weighted by atomic mass is 16.2. The zero-order chi connectivity index (χ0) is 19.4. The highest BCUT2D eigenvalue weighted by Gasteiger charge is 2.21. The maximum Gasteiger partial charge on any atom is 0.272 e. The molecule has 3 rings (SSSR count). The molecular formula is C21H29N5O. The highest BCUT2D eigenvalue weighted by molar-refractivity contribution is 5.93. The normalized spacial score (nSPS) is 13.7. The second kappa shape index (κ2) is 8.37. The molecule has 6 heteroatoms. The number of hydrogen-bond acceptors (Lipinski definition) is 5.